The Morgan fingerprint density at radius 3 is 1.67 bits per heavy atom. The first-order chi connectivity index (χ1) is 11.3. The first kappa shape index (κ1) is 15.7. The third-order valence-electron chi connectivity index (χ3n) is 3.51. The van der Waals surface area contributed by atoms with Gasteiger partial charge in [-0.2, -0.15) is 13.2 Å². The minimum atomic E-state index is -4.54. The lowest BCUT2D eigenvalue weighted by molar-refractivity contribution is -1.05. The molecule has 24 heavy (non-hydrogen) atoms. The standard InChI is InChI=1S/C16H9F3N2O3/c17-16(18,19)12-8-6-11(7-9-12)14-15(22)13(20(23)21(14)24)10-4-2-1-3-5-10/h1-9H. The van der Waals surface area contributed by atoms with Crippen molar-refractivity contribution in [2.45, 2.75) is 6.18 Å². The second-order valence-electron chi connectivity index (χ2n) is 5.01. The molecule has 0 fully saturated rings. The second kappa shape index (κ2) is 5.48. The van der Waals surface area contributed by atoms with Gasteiger partial charge in [0.1, 0.15) is 0 Å². The molecule has 1 aliphatic heterocycles. The number of nitrogens with zero attached hydrogens (tertiary/aromatic N) is 2. The molecular formula is C16H9F3N2O3. The van der Waals surface area contributed by atoms with E-state index in [1.165, 1.54) is 12.1 Å². The van der Waals surface area contributed by atoms with Gasteiger partial charge >= 0.3 is 23.4 Å². The van der Waals surface area contributed by atoms with Crippen molar-refractivity contribution in [3.63, 3.8) is 0 Å². The van der Waals surface area contributed by atoms with Crippen molar-refractivity contribution < 1.29 is 27.7 Å². The largest absolute Gasteiger partial charge is 0.561 e. The van der Waals surface area contributed by atoms with E-state index in [4.69, 9.17) is 0 Å². The highest BCUT2D eigenvalue weighted by Gasteiger charge is 2.46. The van der Waals surface area contributed by atoms with Crippen molar-refractivity contribution in [3.05, 3.63) is 81.7 Å². The van der Waals surface area contributed by atoms with Crippen LogP contribution in [0.3, 0.4) is 0 Å². The summed E-state index contributed by atoms with van der Waals surface area (Å²) in [7, 11) is 0. The number of alkyl halides is 3. The Labute approximate surface area is 133 Å². The molecule has 0 amide bonds. The van der Waals surface area contributed by atoms with Crippen LogP contribution in [0.5, 0.6) is 0 Å². The smallest absolute Gasteiger partial charge is 0.416 e. The summed E-state index contributed by atoms with van der Waals surface area (Å²) in [6, 6.07) is 11.3. The van der Waals surface area contributed by atoms with Crippen molar-refractivity contribution in [2.75, 3.05) is 0 Å². The summed E-state index contributed by atoms with van der Waals surface area (Å²) in [5.41, 5.74) is -1.62. The average Bonchev–Trinajstić information content (AvgIpc) is 2.77. The maximum Gasteiger partial charge on any atom is 0.416 e. The number of halogens is 3. The van der Waals surface area contributed by atoms with Crippen molar-refractivity contribution in [3.8, 4) is 0 Å². The molecule has 0 bridgehead atoms. The summed E-state index contributed by atoms with van der Waals surface area (Å²) in [4.78, 5) is 12.2. The minimum absolute atomic E-state index is 0.0604. The Hall–Kier alpha value is -3.16. The van der Waals surface area contributed by atoms with E-state index in [0.717, 1.165) is 24.3 Å². The molecule has 0 radical (unpaired) electrons. The normalized spacial score (nSPS) is 15.4. The number of ketones is 1. The molecule has 122 valence electrons. The lowest BCUT2D eigenvalue weighted by atomic mass is 9.99. The summed E-state index contributed by atoms with van der Waals surface area (Å²) in [6.45, 7) is 0. The molecular weight excluding hydrogens is 325 g/mol. The summed E-state index contributed by atoms with van der Waals surface area (Å²) in [5.74, 6) is -0.842. The molecule has 0 unspecified atom stereocenters. The highest BCUT2D eigenvalue weighted by molar-refractivity contribution is 6.70. The van der Waals surface area contributed by atoms with E-state index in [2.05, 4.69) is 0 Å². The molecule has 0 saturated heterocycles. The summed E-state index contributed by atoms with van der Waals surface area (Å²) in [6.07, 6.45) is -4.54. The molecule has 0 spiro atoms. The quantitative estimate of drug-likeness (QED) is 0.626. The van der Waals surface area contributed by atoms with Crippen LogP contribution in [0.4, 0.5) is 13.2 Å². The molecule has 8 heteroatoms. The summed E-state index contributed by atoms with van der Waals surface area (Å²) >= 11 is 0. The zero-order valence-corrected chi connectivity index (χ0v) is 11.9. The van der Waals surface area contributed by atoms with Crippen LogP contribution < -0.4 is 0 Å². The van der Waals surface area contributed by atoms with Crippen LogP contribution in [0.25, 0.3) is 0 Å². The Bertz CT molecular complexity index is 870. The second-order valence-corrected chi connectivity index (χ2v) is 5.01. The van der Waals surface area contributed by atoms with Gasteiger partial charge in [-0.25, -0.2) is 0 Å². The fraction of sp³-hybridized carbons (Fsp3) is 0.0625. The predicted molar refractivity (Wildman–Crippen MR) is 78.4 cm³/mol. The summed E-state index contributed by atoms with van der Waals surface area (Å²) in [5, 5.41) is 24.0. The van der Waals surface area contributed by atoms with E-state index < -0.39 is 23.2 Å². The predicted octanol–water partition coefficient (Wildman–Crippen LogP) is 2.50. The Morgan fingerprint density at radius 1 is 0.750 bits per heavy atom. The number of hydrazine groups is 1. The van der Waals surface area contributed by atoms with Gasteiger partial charge in [-0.15, -0.1) is 0 Å². The van der Waals surface area contributed by atoms with Gasteiger partial charge in [0.15, 0.2) is 0 Å². The molecule has 3 rings (SSSR count). The van der Waals surface area contributed by atoms with Crippen LogP contribution in [0, 0.1) is 10.4 Å². The molecule has 5 nitrogen and oxygen atoms in total. The lowest BCUT2D eigenvalue weighted by Gasteiger charge is -2.06. The fourth-order valence-electron chi connectivity index (χ4n) is 2.36. The number of benzene rings is 2. The first-order valence-corrected chi connectivity index (χ1v) is 6.77. The van der Waals surface area contributed by atoms with Crippen LogP contribution in [-0.4, -0.2) is 26.9 Å². The third kappa shape index (κ3) is 2.51. The SMILES string of the molecule is O=C1C(c2ccccc2)=[N+]([O-])[N+]([O-])=C1c1ccc(C(F)(F)F)cc1. The zero-order valence-electron chi connectivity index (χ0n) is 11.9. The Morgan fingerprint density at radius 2 is 1.21 bits per heavy atom. The lowest BCUT2D eigenvalue weighted by Crippen LogP contribution is -2.23. The highest BCUT2D eigenvalue weighted by Crippen LogP contribution is 2.29. The van der Waals surface area contributed by atoms with E-state index in [1.807, 2.05) is 0 Å². The highest BCUT2D eigenvalue weighted by atomic mass is 19.4. The molecule has 0 N–H and O–H groups in total. The van der Waals surface area contributed by atoms with Gasteiger partial charge in [-0.1, -0.05) is 18.2 Å². The number of hydrazone groups is 2. The molecule has 2 aromatic rings. The molecule has 0 saturated carbocycles. The van der Waals surface area contributed by atoms with E-state index in [1.54, 1.807) is 18.2 Å². The number of carbonyl (C=O) groups is 1. The molecule has 0 aliphatic carbocycles. The molecule has 2 aromatic carbocycles. The van der Waals surface area contributed by atoms with Crippen LogP contribution in [0.15, 0.2) is 54.6 Å². The van der Waals surface area contributed by atoms with Gasteiger partial charge in [0, 0.05) is 0 Å². The van der Waals surface area contributed by atoms with Gasteiger partial charge in [-0.05, 0) is 36.4 Å². The fourth-order valence-corrected chi connectivity index (χ4v) is 2.36. The number of hydrogen-bond donors (Lipinski definition) is 0. The van der Waals surface area contributed by atoms with Gasteiger partial charge < -0.3 is 10.4 Å². The van der Waals surface area contributed by atoms with Crippen molar-refractivity contribution in [2.24, 2.45) is 0 Å². The van der Waals surface area contributed by atoms with Gasteiger partial charge in [-0.3, -0.25) is 4.79 Å². The maximum atomic E-state index is 12.6. The monoisotopic (exact) mass is 334 g/mol. The molecule has 1 aliphatic rings. The van der Waals surface area contributed by atoms with Crippen LogP contribution in [0.2, 0.25) is 0 Å². The topological polar surface area (TPSA) is 69.2 Å². The average molecular weight is 334 g/mol. The van der Waals surface area contributed by atoms with Gasteiger partial charge in [0.05, 0.1) is 26.4 Å². The number of Topliss-reactive ketones (excluding diaryl/α,β-unsaturated/α-hetero) is 1. The van der Waals surface area contributed by atoms with Gasteiger partial charge in [0.2, 0.25) is 0 Å². The van der Waals surface area contributed by atoms with Crippen molar-refractivity contribution >= 4 is 17.2 Å². The number of carbonyl (C=O) groups excluding carboxylic acids is 1. The Balaban J connectivity index is 2.01. The van der Waals surface area contributed by atoms with E-state index >= 15 is 0 Å². The van der Waals surface area contributed by atoms with E-state index in [-0.39, 0.29) is 26.5 Å². The Kier molecular flexibility index (Phi) is 3.59. The third-order valence-corrected chi connectivity index (χ3v) is 3.51. The van der Waals surface area contributed by atoms with Crippen LogP contribution >= 0.6 is 0 Å². The zero-order chi connectivity index (χ0) is 17.5. The molecule has 0 aromatic heterocycles. The van der Waals surface area contributed by atoms with E-state index in [0.29, 0.717) is 0 Å². The van der Waals surface area contributed by atoms with Crippen LogP contribution in [-0.2, 0) is 11.0 Å². The number of hydrogen-bond acceptors (Lipinski definition) is 3. The van der Waals surface area contributed by atoms with Crippen molar-refractivity contribution in [1.82, 2.24) is 0 Å². The molecule has 0 atom stereocenters. The number of rotatable bonds is 2. The van der Waals surface area contributed by atoms with Crippen molar-refractivity contribution in [1.29, 1.82) is 0 Å². The van der Waals surface area contributed by atoms with Crippen LogP contribution in [0.1, 0.15) is 16.7 Å². The molecule has 1 heterocycles. The summed E-state index contributed by atoms with van der Waals surface area (Å²) < 4.78 is 37.8. The van der Waals surface area contributed by atoms with E-state index in [9.17, 15) is 28.4 Å². The maximum absolute atomic E-state index is 12.6. The van der Waals surface area contributed by atoms with Gasteiger partial charge in [0.25, 0.3) is 0 Å². The minimum Gasteiger partial charge on any atom is -0.561 e. The first-order valence-electron chi connectivity index (χ1n) is 6.77.